The summed E-state index contributed by atoms with van der Waals surface area (Å²) in [6.07, 6.45) is 1.50. The second kappa shape index (κ2) is 8.35. The molecule has 0 bridgehead atoms. The van der Waals surface area contributed by atoms with Crippen LogP contribution in [0.5, 0.6) is 11.5 Å². The van der Waals surface area contributed by atoms with E-state index in [1.807, 2.05) is 38.1 Å². The maximum atomic E-state index is 12.5. The van der Waals surface area contributed by atoms with Crippen LogP contribution in [0.15, 0.2) is 42.6 Å². The zero-order chi connectivity index (χ0) is 20.3. The number of para-hydroxylation sites is 1. The second-order valence-corrected chi connectivity index (χ2v) is 6.81. The first kappa shape index (κ1) is 19.8. The predicted molar refractivity (Wildman–Crippen MR) is 107 cm³/mol. The number of fused-ring (bicyclic) bond motifs is 1. The number of carbonyl (C=O) groups is 2. The molecule has 0 amide bonds. The molecule has 0 aliphatic heterocycles. The van der Waals surface area contributed by atoms with E-state index in [-0.39, 0.29) is 29.1 Å². The smallest absolute Gasteiger partial charge is 0.338 e. The molecule has 0 aliphatic rings. The van der Waals surface area contributed by atoms with E-state index >= 15 is 0 Å². The van der Waals surface area contributed by atoms with E-state index in [0.29, 0.717) is 17.1 Å². The Labute approximate surface area is 167 Å². The fourth-order valence-electron chi connectivity index (χ4n) is 2.78. The lowest BCUT2D eigenvalue weighted by Crippen LogP contribution is -2.14. The average Bonchev–Trinajstić information content (AvgIpc) is 3.11. The second-order valence-electron chi connectivity index (χ2n) is 6.40. The molecule has 0 radical (unpaired) electrons. The molecule has 0 atom stereocenters. The molecule has 28 heavy (non-hydrogen) atoms. The Morgan fingerprint density at radius 1 is 1.18 bits per heavy atom. The Morgan fingerprint density at radius 2 is 1.93 bits per heavy atom. The van der Waals surface area contributed by atoms with Gasteiger partial charge in [-0.3, -0.25) is 4.79 Å². The number of Topliss-reactive ketones (excluding diaryl/α,β-unsaturated/α-hetero) is 1. The van der Waals surface area contributed by atoms with Gasteiger partial charge in [-0.25, -0.2) is 4.79 Å². The highest BCUT2D eigenvalue weighted by Gasteiger charge is 2.19. The van der Waals surface area contributed by atoms with Gasteiger partial charge in [0, 0.05) is 22.7 Å². The molecule has 1 aromatic heterocycles. The molecular formula is C21H20ClNO5. The third-order valence-electron chi connectivity index (χ3n) is 4.04. The fourth-order valence-corrected chi connectivity index (χ4v) is 3.04. The van der Waals surface area contributed by atoms with Crippen molar-refractivity contribution in [3.8, 4) is 11.5 Å². The topological polar surface area (TPSA) is 77.6 Å². The van der Waals surface area contributed by atoms with Crippen LogP contribution >= 0.6 is 11.6 Å². The van der Waals surface area contributed by atoms with Gasteiger partial charge in [-0.2, -0.15) is 0 Å². The van der Waals surface area contributed by atoms with Gasteiger partial charge in [0.1, 0.15) is 0 Å². The van der Waals surface area contributed by atoms with Gasteiger partial charge in [0.25, 0.3) is 0 Å². The first-order valence-corrected chi connectivity index (χ1v) is 9.09. The molecule has 7 heteroatoms. The van der Waals surface area contributed by atoms with Crippen LogP contribution in [0, 0.1) is 0 Å². The Kier molecular flexibility index (Phi) is 5.90. The molecule has 0 saturated heterocycles. The number of nitrogens with one attached hydrogen (secondary N) is 1. The van der Waals surface area contributed by atoms with Crippen LogP contribution in [0.1, 0.15) is 34.6 Å². The highest BCUT2D eigenvalue weighted by molar-refractivity contribution is 6.32. The molecule has 0 fully saturated rings. The van der Waals surface area contributed by atoms with E-state index in [9.17, 15) is 9.59 Å². The first-order chi connectivity index (χ1) is 13.4. The number of esters is 1. The van der Waals surface area contributed by atoms with Crippen molar-refractivity contribution in [1.29, 1.82) is 0 Å². The van der Waals surface area contributed by atoms with E-state index in [4.69, 9.17) is 25.8 Å². The van der Waals surface area contributed by atoms with Gasteiger partial charge in [0.05, 0.1) is 23.8 Å². The highest BCUT2D eigenvalue weighted by Crippen LogP contribution is 2.37. The summed E-state index contributed by atoms with van der Waals surface area (Å²) in [6, 6.07) is 10.3. The first-order valence-electron chi connectivity index (χ1n) is 8.71. The van der Waals surface area contributed by atoms with E-state index in [1.165, 1.54) is 19.2 Å². The van der Waals surface area contributed by atoms with Gasteiger partial charge in [0.2, 0.25) is 5.78 Å². The largest absolute Gasteiger partial charge is 0.493 e. The number of benzene rings is 2. The molecule has 146 valence electrons. The summed E-state index contributed by atoms with van der Waals surface area (Å²) in [5.74, 6) is -0.310. The quantitative estimate of drug-likeness (QED) is 0.460. The number of hydrogen-bond acceptors (Lipinski definition) is 5. The van der Waals surface area contributed by atoms with Crippen LogP contribution in [0.3, 0.4) is 0 Å². The van der Waals surface area contributed by atoms with Crippen LogP contribution in [0.4, 0.5) is 0 Å². The van der Waals surface area contributed by atoms with Crippen molar-refractivity contribution in [2.24, 2.45) is 0 Å². The molecular weight excluding hydrogens is 382 g/mol. The van der Waals surface area contributed by atoms with Crippen molar-refractivity contribution in [2.45, 2.75) is 20.0 Å². The van der Waals surface area contributed by atoms with E-state index in [1.54, 1.807) is 6.20 Å². The molecule has 1 N–H and O–H groups in total. The van der Waals surface area contributed by atoms with Gasteiger partial charge in [-0.1, -0.05) is 29.8 Å². The van der Waals surface area contributed by atoms with Gasteiger partial charge in [-0.05, 0) is 32.0 Å². The zero-order valence-electron chi connectivity index (χ0n) is 15.7. The van der Waals surface area contributed by atoms with Crippen LogP contribution in [-0.4, -0.2) is 36.6 Å². The Hall–Kier alpha value is -2.99. The van der Waals surface area contributed by atoms with Crippen LogP contribution in [0.25, 0.3) is 10.9 Å². The molecule has 3 aromatic rings. The maximum absolute atomic E-state index is 12.5. The van der Waals surface area contributed by atoms with Gasteiger partial charge < -0.3 is 19.2 Å². The summed E-state index contributed by atoms with van der Waals surface area (Å²) in [5.41, 5.74) is 1.49. The number of hydrogen-bond donors (Lipinski definition) is 1. The maximum Gasteiger partial charge on any atom is 0.338 e. The number of ether oxygens (including phenoxy) is 3. The predicted octanol–water partition coefficient (Wildman–Crippen LogP) is 4.66. The molecule has 1 heterocycles. The third-order valence-corrected chi connectivity index (χ3v) is 4.32. The van der Waals surface area contributed by atoms with Gasteiger partial charge in [0.15, 0.2) is 18.1 Å². The lowest BCUT2D eigenvalue weighted by molar-refractivity contribution is 0.0475. The van der Waals surface area contributed by atoms with Crippen LogP contribution in [0.2, 0.25) is 5.02 Å². The molecule has 0 spiro atoms. The van der Waals surface area contributed by atoms with Crippen molar-refractivity contribution in [3.05, 3.63) is 58.7 Å². The van der Waals surface area contributed by atoms with Crippen molar-refractivity contribution in [1.82, 2.24) is 4.98 Å². The molecule has 0 saturated carbocycles. The number of carbonyl (C=O) groups excluding carboxylic acids is 2. The monoisotopic (exact) mass is 401 g/mol. The molecule has 0 aliphatic carbocycles. The van der Waals surface area contributed by atoms with Crippen molar-refractivity contribution in [3.63, 3.8) is 0 Å². The summed E-state index contributed by atoms with van der Waals surface area (Å²) in [5, 5.41) is 1.01. The summed E-state index contributed by atoms with van der Waals surface area (Å²) in [4.78, 5) is 27.9. The summed E-state index contributed by atoms with van der Waals surface area (Å²) in [7, 11) is 1.45. The number of rotatable bonds is 7. The molecule has 2 aromatic carbocycles. The number of H-pyrrole nitrogens is 1. The average molecular weight is 402 g/mol. The minimum atomic E-state index is -0.676. The number of ketones is 1. The number of halogens is 1. The Balaban J connectivity index is 1.74. The molecule has 0 unspecified atom stereocenters. The minimum Gasteiger partial charge on any atom is -0.493 e. The minimum absolute atomic E-state index is 0.113. The summed E-state index contributed by atoms with van der Waals surface area (Å²) in [6.45, 7) is 3.33. The van der Waals surface area contributed by atoms with Gasteiger partial charge in [-0.15, -0.1) is 0 Å². The van der Waals surface area contributed by atoms with E-state index < -0.39 is 5.97 Å². The van der Waals surface area contributed by atoms with Crippen LogP contribution < -0.4 is 9.47 Å². The third kappa shape index (κ3) is 4.12. The number of aromatic amines is 1. The lowest BCUT2D eigenvalue weighted by atomic mass is 10.1. The molecule has 6 nitrogen and oxygen atoms in total. The molecule has 3 rings (SSSR count). The normalized spacial score (nSPS) is 10.9. The zero-order valence-corrected chi connectivity index (χ0v) is 16.5. The fraction of sp³-hybridized carbons (Fsp3) is 0.238. The highest BCUT2D eigenvalue weighted by atomic mass is 35.5. The van der Waals surface area contributed by atoms with Crippen molar-refractivity contribution in [2.75, 3.05) is 13.7 Å². The number of aromatic nitrogens is 1. The Bertz CT molecular complexity index is 1020. The van der Waals surface area contributed by atoms with Crippen molar-refractivity contribution >= 4 is 34.3 Å². The van der Waals surface area contributed by atoms with Gasteiger partial charge >= 0.3 is 5.97 Å². The SMILES string of the molecule is COc1cc(C(=O)OCC(=O)c2c[nH]c3ccccc23)cc(Cl)c1OC(C)C. The summed E-state index contributed by atoms with van der Waals surface area (Å²) >= 11 is 6.23. The Morgan fingerprint density at radius 3 is 2.64 bits per heavy atom. The number of methoxy groups -OCH3 is 1. The van der Waals surface area contributed by atoms with Crippen molar-refractivity contribution < 1.29 is 23.8 Å². The summed E-state index contributed by atoms with van der Waals surface area (Å²) < 4.78 is 16.1. The van der Waals surface area contributed by atoms with Crippen LogP contribution in [-0.2, 0) is 4.74 Å². The van der Waals surface area contributed by atoms with E-state index in [0.717, 1.165) is 10.9 Å². The lowest BCUT2D eigenvalue weighted by Gasteiger charge is -2.16. The standard InChI is InChI=1S/C21H20ClNO5/c1-12(2)28-20-16(22)8-13(9-19(20)26-3)21(25)27-11-18(24)15-10-23-17-7-5-4-6-14(15)17/h4-10,12,23H,11H2,1-3H3. The van der Waals surface area contributed by atoms with E-state index in [2.05, 4.69) is 4.98 Å².